The number of hydrogen-bond acceptors (Lipinski definition) is 6. The molecule has 0 spiro atoms. The monoisotopic (exact) mass is 332 g/mol. The van der Waals surface area contributed by atoms with Crippen LogP contribution < -0.4 is 0 Å². The van der Waals surface area contributed by atoms with Crippen molar-refractivity contribution in [3.63, 3.8) is 0 Å². The molecule has 0 aromatic carbocycles. The average molecular weight is 332 g/mol. The third kappa shape index (κ3) is 3.21. The molecule has 120 valence electrons. The van der Waals surface area contributed by atoms with Gasteiger partial charge in [0.1, 0.15) is 22.4 Å². The lowest BCUT2D eigenvalue weighted by molar-refractivity contribution is -0.144. The van der Waals surface area contributed by atoms with Crippen LogP contribution in [0.25, 0.3) is 10.7 Å². The van der Waals surface area contributed by atoms with Gasteiger partial charge in [-0.1, -0.05) is 6.92 Å². The molecule has 0 radical (unpaired) electrons. The van der Waals surface area contributed by atoms with Gasteiger partial charge in [-0.3, -0.25) is 14.8 Å². The Kier molecular flexibility index (Phi) is 4.33. The number of aromatic nitrogens is 3. The van der Waals surface area contributed by atoms with Gasteiger partial charge in [0.05, 0.1) is 6.20 Å². The minimum atomic E-state index is -0.964. The van der Waals surface area contributed by atoms with Crippen molar-refractivity contribution in [1.82, 2.24) is 19.9 Å². The number of aliphatic carboxylic acids is 1. The summed E-state index contributed by atoms with van der Waals surface area (Å²) in [5.74, 6) is -1.00. The molecule has 1 saturated heterocycles. The van der Waals surface area contributed by atoms with Crippen molar-refractivity contribution in [1.29, 1.82) is 0 Å². The van der Waals surface area contributed by atoms with Crippen LogP contribution in [0.3, 0.4) is 0 Å². The summed E-state index contributed by atoms with van der Waals surface area (Å²) in [6.45, 7) is 2.45. The maximum atomic E-state index is 12.6. The van der Waals surface area contributed by atoms with Gasteiger partial charge in [0.2, 0.25) is 0 Å². The molecule has 2 unspecified atom stereocenters. The molecule has 3 heterocycles. The number of piperidine rings is 1. The van der Waals surface area contributed by atoms with Crippen molar-refractivity contribution in [3.8, 4) is 10.7 Å². The van der Waals surface area contributed by atoms with Gasteiger partial charge in [-0.15, -0.1) is 11.3 Å². The largest absolute Gasteiger partial charge is 0.480 e. The van der Waals surface area contributed by atoms with E-state index in [9.17, 15) is 14.7 Å². The van der Waals surface area contributed by atoms with Gasteiger partial charge in [0.15, 0.2) is 0 Å². The van der Waals surface area contributed by atoms with Crippen molar-refractivity contribution < 1.29 is 14.7 Å². The Balaban J connectivity index is 1.83. The molecule has 3 rings (SSSR count). The van der Waals surface area contributed by atoms with Gasteiger partial charge < -0.3 is 10.0 Å². The Labute approximate surface area is 137 Å². The Bertz CT molecular complexity index is 719. The summed E-state index contributed by atoms with van der Waals surface area (Å²) < 4.78 is 0. The number of likely N-dealkylation sites (tertiary alicyclic amines) is 1. The lowest BCUT2D eigenvalue weighted by Gasteiger charge is -2.35. The number of amides is 1. The zero-order valence-electron chi connectivity index (χ0n) is 12.5. The van der Waals surface area contributed by atoms with Crippen molar-refractivity contribution in [2.75, 3.05) is 6.54 Å². The minimum absolute atomic E-state index is 0.261. The van der Waals surface area contributed by atoms with Crippen LogP contribution in [0.15, 0.2) is 24.0 Å². The predicted molar refractivity (Wildman–Crippen MR) is 84.0 cm³/mol. The van der Waals surface area contributed by atoms with Crippen LogP contribution in [0.1, 0.15) is 30.3 Å². The highest BCUT2D eigenvalue weighted by Gasteiger charge is 2.35. The second-order valence-electron chi connectivity index (χ2n) is 5.61. The van der Waals surface area contributed by atoms with E-state index in [0.29, 0.717) is 29.6 Å². The highest BCUT2D eigenvalue weighted by atomic mass is 32.1. The van der Waals surface area contributed by atoms with E-state index in [4.69, 9.17) is 0 Å². The first kappa shape index (κ1) is 15.5. The highest BCUT2D eigenvalue weighted by Crippen LogP contribution is 2.26. The molecule has 8 heteroatoms. The second-order valence-corrected chi connectivity index (χ2v) is 6.47. The summed E-state index contributed by atoms with van der Waals surface area (Å²) in [7, 11) is 0. The SMILES string of the molecule is CC1CCN(C(=O)c2csc(-c3cnccn3)n2)C(C(=O)O)C1. The van der Waals surface area contributed by atoms with E-state index in [1.54, 1.807) is 24.0 Å². The van der Waals surface area contributed by atoms with Crippen LogP contribution in [0.5, 0.6) is 0 Å². The summed E-state index contributed by atoms with van der Waals surface area (Å²) in [5.41, 5.74) is 0.857. The number of carboxylic acids is 1. The van der Waals surface area contributed by atoms with E-state index in [0.717, 1.165) is 6.42 Å². The second kappa shape index (κ2) is 6.41. The summed E-state index contributed by atoms with van der Waals surface area (Å²) in [6, 6.07) is -0.784. The fourth-order valence-electron chi connectivity index (χ4n) is 2.67. The first-order valence-corrected chi connectivity index (χ1v) is 8.20. The van der Waals surface area contributed by atoms with E-state index >= 15 is 0 Å². The van der Waals surface area contributed by atoms with Crippen LogP contribution in [0.4, 0.5) is 0 Å². The van der Waals surface area contributed by atoms with E-state index in [1.807, 2.05) is 6.92 Å². The molecule has 0 bridgehead atoms. The number of hydrogen-bond donors (Lipinski definition) is 1. The van der Waals surface area contributed by atoms with Gasteiger partial charge >= 0.3 is 5.97 Å². The standard InChI is InChI=1S/C15H16N4O3S/c1-9-2-5-19(12(6-9)15(21)22)14(20)11-8-23-13(18-11)10-7-16-3-4-17-10/h3-4,7-9,12H,2,5-6H2,1H3,(H,21,22). The quantitative estimate of drug-likeness (QED) is 0.922. The minimum Gasteiger partial charge on any atom is -0.480 e. The fraction of sp³-hybridized carbons (Fsp3) is 0.400. The topological polar surface area (TPSA) is 96.3 Å². The Morgan fingerprint density at radius 3 is 2.91 bits per heavy atom. The summed E-state index contributed by atoms with van der Waals surface area (Å²) in [6.07, 6.45) is 5.98. The fourth-order valence-corrected chi connectivity index (χ4v) is 3.42. The number of nitrogens with zero attached hydrogens (tertiary/aromatic N) is 4. The summed E-state index contributed by atoms with van der Waals surface area (Å²) in [4.78, 5) is 37.9. The van der Waals surface area contributed by atoms with Crippen molar-refractivity contribution in [2.45, 2.75) is 25.8 Å². The van der Waals surface area contributed by atoms with Gasteiger partial charge in [-0.25, -0.2) is 9.78 Å². The van der Waals surface area contributed by atoms with Gasteiger partial charge in [0.25, 0.3) is 5.91 Å². The molecule has 23 heavy (non-hydrogen) atoms. The van der Waals surface area contributed by atoms with Gasteiger partial charge in [-0.05, 0) is 18.8 Å². The number of carbonyl (C=O) groups is 2. The number of carbonyl (C=O) groups excluding carboxylic acids is 1. The Hall–Kier alpha value is -2.35. The third-order valence-corrected chi connectivity index (χ3v) is 4.78. The lowest BCUT2D eigenvalue weighted by Crippen LogP contribution is -2.49. The molecule has 1 aliphatic heterocycles. The van der Waals surface area contributed by atoms with E-state index in [2.05, 4.69) is 15.0 Å². The molecule has 1 N–H and O–H groups in total. The predicted octanol–water partition coefficient (Wildman–Crippen LogP) is 1.93. The molecule has 1 amide bonds. The van der Waals surface area contributed by atoms with Crippen molar-refractivity contribution in [3.05, 3.63) is 29.7 Å². The highest BCUT2D eigenvalue weighted by molar-refractivity contribution is 7.13. The molecule has 1 fully saturated rings. The maximum Gasteiger partial charge on any atom is 0.326 e. The molecular weight excluding hydrogens is 316 g/mol. The third-order valence-electron chi connectivity index (χ3n) is 3.92. The van der Waals surface area contributed by atoms with E-state index < -0.39 is 12.0 Å². The smallest absolute Gasteiger partial charge is 0.326 e. The van der Waals surface area contributed by atoms with Crippen LogP contribution in [0.2, 0.25) is 0 Å². The molecule has 0 aliphatic carbocycles. The molecular formula is C15H16N4O3S. The summed E-state index contributed by atoms with van der Waals surface area (Å²) >= 11 is 1.30. The number of carboxylic acid groups (broad SMARTS) is 1. The maximum absolute atomic E-state index is 12.6. The first-order chi connectivity index (χ1) is 11.1. The lowest BCUT2D eigenvalue weighted by atomic mass is 9.92. The molecule has 0 saturated carbocycles. The zero-order chi connectivity index (χ0) is 16.4. The Morgan fingerprint density at radius 1 is 1.39 bits per heavy atom. The van der Waals surface area contributed by atoms with Gasteiger partial charge in [-0.2, -0.15) is 0 Å². The number of rotatable bonds is 3. The van der Waals surface area contributed by atoms with Crippen molar-refractivity contribution >= 4 is 23.2 Å². The molecule has 1 aliphatic rings. The van der Waals surface area contributed by atoms with Gasteiger partial charge in [0, 0.05) is 24.3 Å². The van der Waals surface area contributed by atoms with Crippen LogP contribution in [0, 0.1) is 5.92 Å². The molecule has 2 aromatic heterocycles. The molecule has 2 atom stereocenters. The van der Waals surface area contributed by atoms with Crippen LogP contribution in [-0.2, 0) is 4.79 Å². The Morgan fingerprint density at radius 2 is 2.22 bits per heavy atom. The van der Waals surface area contributed by atoms with E-state index in [-0.39, 0.29) is 11.6 Å². The zero-order valence-corrected chi connectivity index (χ0v) is 13.4. The molecule has 7 nitrogen and oxygen atoms in total. The first-order valence-electron chi connectivity index (χ1n) is 7.32. The number of thiazole rings is 1. The van der Waals surface area contributed by atoms with E-state index in [1.165, 1.54) is 16.2 Å². The van der Waals surface area contributed by atoms with Crippen LogP contribution in [-0.4, -0.2) is 49.4 Å². The summed E-state index contributed by atoms with van der Waals surface area (Å²) in [5, 5.41) is 11.6. The normalized spacial score (nSPS) is 21.2. The van der Waals surface area contributed by atoms with Crippen molar-refractivity contribution in [2.24, 2.45) is 5.92 Å². The molecule has 2 aromatic rings. The van der Waals surface area contributed by atoms with Crippen LogP contribution >= 0.6 is 11.3 Å². The average Bonchev–Trinajstić information content (AvgIpc) is 3.05.